The van der Waals surface area contributed by atoms with Gasteiger partial charge in [0.05, 0.1) is 27.4 Å². The summed E-state index contributed by atoms with van der Waals surface area (Å²) < 4.78 is 14.3. The first-order valence-electron chi connectivity index (χ1n) is 6.47. The highest BCUT2D eigenvalue weighted by atomic mass is 16.5. The molecule has 1 aromatic rings. The van der Waals surface area contributed by atoms with Gasteiger partial charge in [0.25, 0.3) is 0 Å². The molecule has 0 heterocycles. The molecule has 0 radical (unpaired) electrons. The Balaban J connectivity index is 3.11. The zero-order valence-electron chi connectivity index (χ0n) is 12.7. The highest BCUT2D eigenvalue weighted by Crippen LogP contribution is 2.22. The van der Waals surface area contributed by atoms with E-state index in [0.717, 1.165) is 11.6 Å². The van der Waals surface area contributed by atoms with Crippen LogP contribution < -0.4 is 10.1 Å². The molecule has 0 atom stereocenters. The van der Waals surface area contributed by atoms with E-state index in [4.69, 9.17) is 9.84 Å². The molecule has 1 aromatic carbocycles. The molecule has 0 unspecified atom stereocenters. The van der Waals surface area contributed by atoms with Crippen LogP contribution in [0.25, 0.3) is 0 Å². The lowest BCUT2D eigenvalue weighted by molar-refractivity contribution is -0.138. The summed E-state index contributed by atoms with van der Waals surface area (Å²) in [5.41, 5.74) is 1.26. The molecule has 0 fully saturated rings. The lowest BCUT2D eigenvalue weighted by atomic mass is 10.1. The minimum absolute atomic E-state index is 0.0194. The fraction of sp³-hybridized carbons (Fsp3) is 0.333. The van der Waals surface area contributed by atoms with Gasteiger partial charge in [0.1, 0.15) is 11.4 Å². The number of carbonyl (C=O) groups excluding carboxylic acids is 2. The summed E-state index contributed by atoms with van der Waals surface area (Å²) in [6, 6.07) is 5.14. The van der Waals surface area contributed by atoms with E-state index in [1.54, 1.807) is 18.2 Å². The largest absolute Gasteiger partial charge is 0.497 e. The van der Waals surface area contributed by atoms with E-state index in [0.29, 0.717) is 17.9 Å². The highest BCUT2D eigenvalue weighted by molar-refractivity contribution is 5.98. The van der Waals surface area contributed by atoms with Gasteiger partial charge in [0.15, 0.2) is 0 Å². The van der Waals surface area contributed by atoms with Gasteiger partial charge in [-0.2, -0.15) is 0 Å². The van der Waals surface area contributed by atoms with Crippen molar-refractivity contribution in [3.63, 3.8) is 0 Å². The molecule has 0 bridgehead atoms. The van der Waals surface area contributed by atoms with Gasteiger partial charge in [-0.3, -0.25) is 0 Å². The van der Waals surface area contributed by atoms with Crippen LogP contribution in [0.3, 0.4) is 0 Å². The van der Waals surface area contributed by atoms with Gasteiger partial charge < -0.3 is 24.6 Å². The molecule has 7 nitrogen and oxygen atoms in total. The average molecular weight is 309 g/mol. The van der Waals surface area contributed by atoms with Crippen LogP contribution >= 0.6 is 0 Å². The number of esters is 2. The molecule has 0 amide bonds. The van der Waals surface area contributed by atoms with E-state index < -0.39 is 11.9 Å². The van der Waals surface area contributed by atoms with Gasteiger partial charge in [-0.25, -0.2) is 9.59 Å². The number of aliphatic hydroxyl groups excluding tert-OH is 1. The van der Waals surface area contributed by atoms with Crippen molar-refractivity contribution in [2.45, 2.75) is 6.42 Å². The normalized spacial score (nSPS) is 10.8. The Labute approximate surface area is 128 Å². The van der Waals surface area contributed by atoms with Crippen LogP contribution in [0.5, 0.6) is 5.75 Å². The molecule has 2 N–H and O–H groups in total. The second-order valence-electron chi connectivity index (χ2n) is 4.24. The molecule has 120 valence electrons. The summed E-state index contributed by atoms with van der Waals surface area (Å²) in [4.78, 5) is 23.0. The van der Waals surface area contributed by atoms with E-state index in [9.17, 15) is 9.59 Å². The van der Waals surface area contributed by atoms with E-state index >= 15 is 0 Å². The number of benzene rings is 1. The highest BCUT2D eigenvalue weighted by Gasteiger charge is 2.13. The van der Waals surface area contributed by atoms with Crippen LogP contribution in [0.15, 0.2) is 30.0 Å². The lowest BCUT2D eigenvalue weighted by Crippen LogP contribution is -2.15. The molecular formula is C15H19NO6. The number of nitrogens with one attached hydrogen (secondary N) is 1. The summed E-state index contributed by atoms with van der Waals surface area (Å²) in [6.07, 6.45) is 1.43. The fourth-order valence-electron chi connectivity index (χ4n) is 1.71. The molecule has 0 saturated carbocycles. The van der Waals surface area contributed by atoms with Gasteiger partial charge >= 0.3 is 11.9 Å². The summed E-state index contributed by atoms with van der Waals surface area (Å²) in [6.45, 7) is -0.0194. The van der Waals surface area contributed by atoms with Crippen molar-refractivity contribution in [2.75, 3.05) is 33.3 Å². The summed E-state index contributed by atoms with van der Waals surface area (Å²) in [7, 11) is 3.92. The number of hydrogen-bond donors (Lipinski definition) is 2. The van der Waals surface area contributed by atoms with Crippen molar-refractivity contribution in [2.24, 2.45) is 0 Å². The maximum Gasteiger partial charge on any atom is 0.354 e. The van der Waals surface area contributed by atoms with Crippen LogP contribution in [-0.4, -0.2) is 45.0 Å². The number of hydrogen-bond acceptors (Lipinski definition) is 7. The fourth-order valence-corrected chi connectivity index (χ4v) is 1.71. The van der Waals surface area contributed by atoms with Crippen LogP contribution in [-0.2, 0) is 25.5 Å². The minimum Gasteiger partial charge on any atom is -0.497 e. The van der Waals surface area contributed by atoms with Crippen molar-refractivity contribution < 1.29 is 28.9 Å². The lowest BCUT2D eigenvalue weighted by Gasteiger charge is -2.12. The van der Waals surface area contributed by atoms with Crippen LogP contribution in [0.1, 0.15) is 5.56 Å². The molecule has 22 heavy (non-hydrogen) atoms. The molecule has 0 spiro atoms. The topological polar surface area (TPSA) is 94.1 Å². The van der Waals surface area contributed by atoms with Gasteiger partial charge in [-0.15, -0.1) is 0 Å². The smallest absolute Gasteiger partial charge is 0.354 e. The Morgan fingerprint density at radius 2 is 1.91 bits per heavy atom. The number of carbonyl (C=O) groups is 2. The maximum absolute atomic E-state index is 11.7. The van der Waals surface area contributed by atoms with Crippen molar-refractivity contribution in [1.82, 2.24) is 0 Å². The summed E-state index contributed by atoms with van der Waals surface area (Å²) >= 11 is 0. The SMILES string of the molecule is COC(=O)/C=C(/Nc1cc(CCO)cc(OC)c1)C(=O)OC. The van der Waals surface area contributed by atoms with Crippen molar-refractivity contribution in [1.29, 1.82) is 0 Å². The number of anilines is 1. The van der Waals surface area contributed by atoms with Crippen LogP contribution in [0.4, 0.5) is 5.69 Å². The zero-order chi connectivity index (χ0) is 16.5. The molecule has 0 aromatic heterocycles. The van der Waals surface area contributed by atoms with Crippen molar-refractivity contribution in [3.05, 3.63) is 35.5 Å². The van der Waals surface area contributed by atoms with Gasteiger partial charge in [-0.1, -0.05) is 0 Å². The quantitative estimate of drug-likeness (QED) is 0.570. The molecular weight excluding hydrogens is 290 g/mol. The second-order valence-corrected chi connectivity index (χ2v) is 4.24. The van der Waals surface area contributed by atoms with Gasteiger partial charge in [0, 0.05) is 18.4 Å². The molecule has 7 heteroatoms. The van der Waals surface area contributed by atoms with Gasteiger partial charge in [0.2, 0.25) is 0 Å². The Bertz CT molecular complexity index is 567. The second kappa shape index (κ2) is 8.68. The molecule has 1 rings (SSSR count). The van der Waals surface area contributed by atoms with E-state index in [1.807, 2.05) is 0 Å². The summed E-state index contributed by atoms with van der Waals surface area (Å²) in [5.74, 6) is -0.848. The van der Waals surface area contributed by atoms with Crippen LogP contribution in [0, 0.1) is 0 Å². The first kappa shape index (κ1) is 17.5. The predicted octanol–water partition coefficient (Wildman–Crippen LogP) is 0.872. The third-order valence-electron chi connectivity index (χ3n) is 2.75. The number of aliphatic hydroxyl groups is 1. The first-order chi connectivity index (χ1) is 10.5. The molecule has 0 aliphatic rings. The Kier molecular flexibility index (Phi) is 6.91. The average Bonchev–Trinajstić information content (AvgIpc) is 2.53. The first-order valence-corrected chi connectivity index (χ1v) is 6.47. The van der Waals surface area contributed by atoms with Crippen molar-refractivity contribution >= 4 is 17.6 Å². The zero-order valence-corrected chi connectivity index (χ0v) is 12.7. The number of rotatable bonds is 7. The number of ether oxygens (including phenoxy) is 3. The van der Waals surface area contributed by atoms with E-state index in [-0.39, 0.29) is 12.3 Å². The summed E-state index contributed by atoms with van der Waals surface area (Å²) in [5, 5.41) is 11.8. The third kappa shape index (κ3) is 5.10. The van der Waals surface area contributed by atoms with E-state index in [1.165, 1.54) is 21.3 Å². The Morgan fingerprint density at radius 1 is 1.18 bits per heavy atom. The predicted molar refractivity (Wildman–Crippen MR) is 79.5 cm³/mol. The monoisotopic (exact) mass is 309 g/mol. The van der Waals surface area contributed by atoms with Crippen molar-refractivity contribution in [3.8, 4) is 5.75 Å². The third-order valence-corrected chi connectivity index (χ3v) is 2.75. The van der Waals surface area contributed by atoms with Gasteiger partial charge in [-0.05, 0) is 24.1 Å². The van der Waals surface area contributed by atoms with Crippen LogP contribution in [0.2, 0.25) is 0 Å². The number of methoxy groups -OCH3 is 3. The van der Waals surface area contributed by atoms with E-state index in [2.05, 4.69) is 14.8 Å². The Hall–Kier alpha value is -2.54. The minimum atomic E-state index is -0.711. The molecule has 0 saturated heterocycles. The molecule has 0 aliphatic carbocycles. The molecule has 0 aliphatic heterocycles. The Morgan fingerprint density at radius 3 is 2.45 bits per heavy atom. The standard InChI is InChI=1S/C15H19NO6/c1-20-12-7-10(4-5-17)6-11(8-12)16-13(15(19)22-3)9-14(18)21-2/h6-9,16-17H,4-5H2,1-3H3/b13-9+. The maximum atomic E-state index is 11.7.